The Morgan fingerprint density at radius 1 is 1.22 bits per heavy atom. The highest BCUT2D eigenvalue weighted by Gasteiger charge is 2.24. The highest BCUT2D eigenvalue weighted by atomic mass is 35.5. The lowest BCUT2D eigenvalue weighted by molar-refractivity contribution is -0.682. The average Bonchev–Trinajstić information content (AvgIpc) is 2.59. The second-order valence-electron chi connectivity index (χ2n) is 6.03. The molecule has 1 aliphatic heterocycles. The van der Waals surface area contributed by atoms with Gasteiger partial charge in [-0.15, -0.1) is 0 Å². The Hall–Kier alpha value is -1.84. The second-order valence-corrected chi connectivity index (χ2v) is 6.43. The van der Waals surface area contributed by atoms with E-state index in [2.05, 4.69) is 18.3 Å². The topological polar surface area (TPSA) is 36.9 Å². The molecule has 4 heteroatoms. The lowest BCUT2D eigenvalue weighted by Crippen LogP contribution is -2.87. The number of amides is 1. The molecule has 0 aliphatic carbocycles. The summed E-state index contributed by atoms with van der Waals surface area (Å²) < 4.78 is 0. The zero-order valence-corrected chi connectivity index (χ0v) is 14.1. The molecule has 0 unspecified atom stereocenters. The van der Waals surface area contributed by atoms with Crippen LogP contribution in [0, 0.1) is 0 Å². The zero-order valence-electron chi connectivity index (χ0n) is 13.3. The Bertz CT molecular complexity index is 701. The molecule has 0 saturated carbocycles. The Kier molecular flexibility index (Phi) is 4.99. The van der Waals surface area contributed by atoms with Crippen molar-refractivity contribution < 1.29 is 10.1 Å². The van der Waals surface area contributed by atoms with Crippen LogP contribution >= 0.6 is 11.6 Å². The summed E-state index contributed by atoms with van der Waals surface area (Å²) in [7, 11) is 0. The van der Waals surface area contributed by atoms with Crippen LogP contribution in [0.15, 0.2) is 48.5 Å². The normalized spacial score (nSPS) is 15.1. The number of fused-ring (bicyclic) bond motifs is 1. The Morgan fingerprint density at radius 2 is 1.96 bits per heavy atom. The van der Waals surface area contributed by atoms with Crippen LogP contribution in [-0.2, 0) is 11.2 Å². The number of hydrogen-bond acceptors (Lipinski definition) is 1. The van der Waals surface area contributed by atoms with Gasteiger partial charge in [-0.1, -0.05) is 48.0 Å². The fourth-order valence-corrected chi connectivity index (χ4v) is 3.46. The molecule has 1 atom stereocenters. The van der Waals surface area contributed by atoms with Gasteiger partial charge in [-0.25, -0.2) is 0 Å². The summed E-state index contributed by atoms with van der Waals surface area (Å²) in [6.45, 7) is 3.32. The molecule has 3 rings (SSSR count). The van der Waals surface area contributed by atoms with Crippen molar-refractivity contribution in [2.45, 2.75) is 25.8 Å². The number of quaternary nitrogens is 1. The summed E-state index contributed by atoms with van der Waals surface area (Å²) in [5, 5.41) is 2.81. The van der Waals surface area contributed by atoms with Crippen LogP contribution in [0.5, 0.6) is 0 Å². The number of nitrogens with two attached hydrogens (primary N) is 1. The molecule has 1 heterocycles. The van der Waals surface area contributed by atoms with Crippen LogP contribution in [-0.4, -0.2) is 19.0 Å². The van der Waals surface area contributed by atoms with Gasteiger partial charge in [0.25, 0.3) is 5.91 Å². The van der Waals surface area contributed by atoms with Crippen molar-refractivity contribution in [2.75, 3.05) is 18.0 Å². The second kappa shape index (κ2) is 7.16. The largest absolute Gasteiger partial charge is 0.332 e. The van der Waals surface area contributed by atoms with Gasteiger partial charge >= 0.3 is 0 Å². The van der Waals surface area contributed by atoms with Gasteiger partial charge in [0, 0.05) is 22.8 Å². The maximum atomic E-state index is 12.6. The van der Waals surface area contributed by atoms with E-state index in [1.165, 1.54) is 5.56 Å². The molecule has 2 aromatic carbocycles. The zero-order chi connectivity index (χ0) is 16.2. The first kappa shape index (κ1) is 16.0. The SMILES string of the molecule is C[C@@H]([NH2+]CC(=O)N1CCCc2ccccc21)c1ccccc1Cl. The van der Waals surface area contributed by atoms with Crippen molar-refractivity contribution in [3.63, 3.8) is 0 Å². The van der Waals surface area contributed by atoms with E-state index in [-0.39, 0.29) is 11.9 Å². The van der Waals surface area contributed by atoms with Crippen LogP contribution in [0.4, 0.5) is 5.69 Å². The number of anilines is 1. The van der Waals surface area contributed by atoms with E-state index >= 15 is 0 Å². The van der Waals surface area contributed by atoms with Crippen LogP contribution in [0.3, 0.4) is 0 Å². The minimum atomic E-state index is 0.160. The summed E-state index contributed by atoms with van der Waals surface area (Å²) in [4.78, 5) is 14.6. The van der Waals surface area contributed by atoms with Crippen LogP contribution in [0.1, 0.15) is 30.5 Å². The van der Waals surface area contributed by atoms with Gasteiger partial charge < -0.3 is 10.2 Å². The number of para-hydroxylation sites is 1. The third-order valence-corrected chi connectivity index (χ3v) is 4.80. The van der Waals surface area contributed by atoms with E-state index in [0.717, 1.165) is 35.7 Å². The van der Waals surface area contributed by atoms with Crippen LogP contribution in [0.25, 0.3) is 0 Å². The lowest BCUT2D eigenvalue weighted by Gasteiger charge is -2.29. The summed E-state index contributed by atoms with van der Waals surface area (Å²) in [6.07, 6.45) is 2.09. The van der Waals surface area contributed by atoms with Gasteiger partial charge in [0.1, 0.15) is 6.04 Å². The fourth-order valence-electron chi connectivity index (χ4n) is 3.15. The molecule has 23 heavy (non-hydrogen) atoms. The Morgan fingerprint density at radius 3 is 2.78 bits per heavy atom. The number of halogens is 1. The Balaban J connectivity index is 1.66. The molecule has 2 N–H and O–H groups in total. The molecule has 3 nitrogen and oxygen atoms in total. The highest BCUT2D eigenvalue weighted by Crippen LogP contribution is 2.26. The first-order valence-electron chi connectivity index (χ1n) is 8.13. The molecule has 120 valence electrons. The molecule has 0 fully saturated rings. The molecule has 0 bridgehead atoms. The van der Waals surface area contributed by atoms with E-state index in [4.69, 9.17) is 11.6 Å². The van der Waals surface area contributed by atoms with Crippen molar-refractivity contribution in [1.82, 2.24) is 0 Å². The molecule has 0 saturated heterocycles. The highest BCUT2D eigenvalue weighted by molar-refractivity contribution is 6.31. The maximum Gasteiger partial charge on any atom is 0.282 e. The molecular formula is C19H22ClN2O+. The quantitative estimate of drug-likeness (QED) is 0.920. The number of carbonyl (C=O) groups excluding carboxylic acids is 1. The van der Waals surface area contributed by atoms with Crippen molar-refractivity contribution in [2.24, 2.45) is 0 Å². The predicted molar refractivity (Wildman–Crippen MR) is 93.8 cm³/mol. The molecule has 0 aromatic heterocycles. The van der Waals surface area contributed by atoms with E-state index < -0.39 is 0 Å². The maximum absolute atomic E-state index is 12.6. The molecule has 2 aromatic rings. The van der Waals surface area contributed by atoms with Gasteiger partial charge in [0.2, 0.25) is 0 Å². The smallest absolute Gasteiger partial charge is 0.282 e. The minimum absolute atomic E-state index is 0.160. The number of benzene rings is 2. The number of rotatable bonds is 4. The van der Waals surface area contributed by atoms with Crippen LogP contribution in [0.2, 0.25) is 5.02 Å². The average molecular weight is 330 g/mol. The Labute approximate surface area is 142 Å². The number of hydrogen-bond donors (Lipinski definition) is 1. The van der Waals surface area contributed by atoms with E-state index in [9.17, 15) is 4.79 Å². The van der Waals surface area contributed by atoms with Gasteiger partial charge in [-0.3, -0.25) is 4.79 Å². The lowest BCUT2D eigenvalue weighted by atomic mass is 10.0. The van der Waals surface area contributed by atoms with Gasteiger partial charge in [-0.2, -0.15) is 0 Å². The van der Waals surface area contributed by atoms with Crippen molar-refractivity contribution in [3.05, 3.63) is 64.7 Å². The molecule has 0 spiro atoms. The third-order valence-electron chi connectivity index (χ3n) is 4.45. The third kappa shape index (κ3) is 3.57. The van der Waals surface area contributed by atoms with Gasteiger partial charge in [0.15, 0.2) is 6.54 Å². The number of aryl methyl sites for hydroxylation is 1. The fraction of sp³-hybridized carbons (Fsp3) is 0.316. The van der Waals surface area contributed by atoms with Gasteiger partial charge in [0.05, 0.1) is 0 Å². The molecule has 0 radical (unpaired) electrons. The van der Waals surface area contributed by atoms with E-state index in [1.54, 1.807) is 0 Å². The van der Waals surface area contributed by atoms with E-state index in [0.29, 0.717) is 6.54 Å². The molecule has 1 aliphatic rings. The number of nitrogens with zero attached hydrogens (tertiary/aromatic N) is 1. The van der Waals surface area contributed by atoms with Gasteiger partial charge in [-0.05, 0) is 37.5 Å². The van der Waals surface area contributed by atoms with Crippen molar-refractivity contribution in [3.8, 4) is 0 Å². The molecule has 1 amide bonds. The first-order chi connectivity index (χ1) is 11.2. The summed E-state index contributed by atoms with van der Waals surface area (Å²) in [6, 6.07) is 16.2. The van der Waals surface area contributed by atoms with Crippen molar-refractivity contribution in [1.29, 1.82) is 0 Å². The minimum Gasteiger partial charge on any atom is -0.332 e. The van der Waals surface area contributed by atoms with Crippen molar-refractivity contribution >= 4 is 23.2 Å². The summed E-state index contributed by atoms with van der Waals surface area (Å²) in [5.74, 6) is 0.163. The van der Waals surface area contributed by atoms with Crippen LogP contribution < -0.4 is 10.2 Å². The first-order valence-corrected chi connectivity index (χ1v) is 8.50. The summed E-state index contributed by atoms with van der Waals surface area (Å²) >= 11 is 6.23. The number of carbonyl (C=O) groups is 1. The monoisotopic (exact) mass is 329 g/mol. The predicted octanol–water partition coefficient (Wildman–Crippen LogP) is 2.94. The standard InChI is InChI=1S/C19H21ClN2O/c1-14(16-9-3-4-10-17(16)20)21-13-19(23)22-12-6-8-15-7-2-5-11-18(15)22/h2-5,7,9-11,14,21H,6,8,12-13H2,1H3/p+1/t14-/m1/s1. The van der Waals surface area contributed by atoms with E-state index in [1.807, 2.05) is 47.4 Å². The molecular weight excluding hydrogens is 308 g/mol. The summed E-state index contributed by atoms with van der Waals surface area (Å²) in [5.41, 5.74) is 3.41.